The van der Waals surface area contributed by atoms with Crippen molar-refractivity contribution in [2.45, 2.75) is 38.0 Å². The summed E-state index contributed by atoms with van der Waals surface area (Å²) in [6.07, 6.45) is -7.55. The first-order chi connectivity index (χ1) is 22.1. The summed E-state index contributed by atoms with van der Waals surface area (Å²) in [7, 11) is 0. The molecule has 250 valence electrons. The third-order valence-corrected chi connectivity index (χ3v) is 7.24. The molecule has 18 heteroatoms. The Bertz CT molecular complexity index is 1720. The first kappa shape index (κ1) is 35.5. The maximum absolute atomic E-state index is 15.1. The van der Waals surface area contributed by atoms with Gasteiger partial charge in [0.2, 0.25) is 0 Å². The van der Waals surface area contributed by atoms with Crippen molar-refractivity contribution in [2.75, 3.05) is 22.6 Å². The van der Waals surface area contributed by atoms with Crippen LogP contribution in [0, 0.1) is 11.6 Å². The zero-order valence-electron chi connectivity index (χ0n) is 23.9. The summed E-state index contributed by atoms with van der Waals surface area (Å²) < 4.78 is 81.3. The van der Waals surface area contributed by atoms with Crippen LogP contribution in [0.2, 0.25) is 15.1 Å². The molecule has 0 saturated heterocycles. The number of anilines is 3. The Morgan fingerprint density at radius 3 is 2.36 bits per heavy atom. The number of carbonyl (C=O) groups is 3. The van der Waals surface area contributed by atoms with Crippen LogP contribution >= 0.6 is 34.8 Å². The average molecular weight is 724 g/mol. The Morgan fingerprint density at radius 2 is 1.70 bits per heavy atom. The van der Waals surface area contributed by atoms with E-state index in [0.717, 1.165) is 24.3 Å². The summed E-state index contributed by atoms with van der Waals surface area (Å²) >= 11 is 18.0. The second kappa shape index (κ2) is 14.6. The van der Waals surface area contributed by atoms with E-state index in [-0.39, 0.29) is 38.8 Å². The predicted molar refractivity (Wildman–Crippen MR) is 163 cm³/mol. The molecular weight excluding hydrogens is 702 g/mol. The van der Waals surface area contributed by atoms with Crippen LogP contribution in [0.4, 0.5) is 48.6 Å². The van der Waals surface area contributed by atoms with Crippen molar-refractivity contribution in [3.8, 4) is 0 Å². The van der Waals surface area contributed by atoms with Crippen molar-refractivity contribution < 1.29 is 50.6 Å². The smallest absolute Gasteiger partial charge is 0.434 e. The van der Waals surface area contributed by atoms with Crippen molar-refractivity contribution in [1.82, 2.24) is 0 Å². The maximum Gasteiger partial charge on any atom is 0.517 e. The molecule has 10 nitrogen and oxygen atoms in total. The van der Waals surface area contributed by atoms with Gasteiger partial charge in [-0.15, -0.1) is 0 Å². The summed E-state index contributed by atoms with van der Waals surface area (Å²) in [5.74, 6) is -4.02. The Labute approximate surface area is 278 Å². The number of benzene rings is 3. The minimum atomic E-state index is -4.96. The highest BCUT2D eigenvalue weighted by Gasteiger charge is 2.62. The van der Waals surface area contributed by atoms with Gasteiger partial charge in [0, 0.05) is 21.3 Å². The summed E-state index contributed by atoms with van der Waals surface area (Å²) in [4.78, 5) is 41.5. The highest BCUT2D eigenvalue weighted by atomic mass is 35.5. The molecule has 0 fully saturated rings. The lowest BCUT2D eigenvalue weighted by molar-refractivity contribution is -0.275. The molecule has 0 bridgehead atoms. The van der Waals surface area contributed by atoms with Gasteiger partial charge in [-0.25, -0.2) is 18.4 Å². The van der Waals surface area contributed by atoms with Crippen LogP contribution in [0.5, 0.6) is 0 Å². The number of oxime groups is 1. The van der Waals surface area contributed by atoms with Gasteiger partial charge in [-0.3, -0.25) is 10.1 Å². The summed E-state index contributed by atoms with van der Waals surface area (Å²) in [6, 6.07) is 8.59. The summed E-state index contributed by atoms with van der Waals surface area (Å²) in [6.45, 7) is 1.78. The van der Waals surface area contributed by atoms with E-state index in [0.29, 0.717) is 18.9 Å². The minimum absolute atomic E-state index is 0.0410. The van der Waals surface area contributed by atoms with Gasteiger partial charge >= 0.3 is 18.4 Å². The van der Waals surface area contributed by atoms with Crippen molar-refractivity contribution in [1.29, 1.82) is 0 Å². The van der Waals surface area contributed by atoms with E-state index in [2.05, 4.69) is 25.3 Å². The van der Waals surface area contributed by atoms with Gasteiger partial charge < -0.3 is 24.9 Å². The molecule has 0 spiro atoms. The lowest BCUT2D eigenvalue weighted by atomic mass is 9.89. The standard InChI is InChI=1S/C29H22Cl3F5N4O6/c1-2-3-8-45-27(44)46-26(43)40-24-20(33)6-7-21(23(24)34)39-25(42)18-12-17(4-5-19(18)32)38-22-13-28(47-41-22,29(35,36)37)14-9-15(30)11-16(31)10-14/h4-7,9-12H,2-3,8,13H2,1H3,(H,38,41)(H,39,42)(H,40,43). The molecule has 3 aromatic carbocycles. The quantitative estimate of drug-likeness (QED) is 0.0915. The SMILES string of the molecule is CCCCOC(=O)OC(=O)Nc1c(F)ccc(NC(=O)c2cc(NC3=NOC(c4cc(Cl)cc(Cl)c4)(C(F)(F)F)C3)ccc2Cl)c1F. The fraction of sp³-hybridized carbons (Fsp3) is 0.241. The number of hydrogen-bond donors (Lipinski definition) is 3. The number of carbonyl (C=O) groups excluding carboxylic acids is 3. The normalized spacial score (nSPS) is 15.7. The molecule has 1 atom stereocenters. The molecule has 1 unspecified atom stereocenters. The third kappa shape index (κ3) is 8.34. The summed E-state index contributed by atoms with van der Waals surface area (Å²) in [5, 5.41) is 9.81. The third-order valence-electron chi connectivity index (χ3n) is 6.47. The number of halogens is 8. The highest BCUT2D eigenvalue weighted by Crippen LogP contribution is 2.49. The Hall–Kier alpha value is -4.34. The van der Waals surface area contributed by atoms with Crippen molar-refractivity contribution >= 4 is 75.9 Å². The lowest BCUT2D eigenvalue weighted by Crippen LogP contribution is -2.43. The van der Waals surface area contributed by atoms with E-state index in [9.17, 15) is 31.9 Å². The topological polar surface area (TPSA) is 127 Å². The molecule has 1 heterocycles. The number of amidine groups is 1. The average Bonchev–Trinajstić information content (AvgIpc) is 3.43. The van der Waals surface area contributed by atoms with Crippen molar-refractivity contribution in [2.24, 2.45) is 5.16 Å². The maximum atomic E-state index is 15.1. The van der Waals surface area contributed by atoms with Crippen LogP contribution in [0.1, 0.15) is 42.1 Å². The fourth-order valence-corrected chi connectivity index (χ4v) is 4.92. The van der Waals surface area contributed by atoms with Crippen LogP contribution < -0.4 is 16.0 Å². The number of rotatable bonds is 8. The first-order valence-electron chi connectivity index (χ1n) is 13.4. The number of hydrogen-bond acceptors (Lipinski definition) is 8. The van der Waals surface area contributed by atoms with Gasteiger partial charge in [0.1, 0.15) is 11.5 Å². The largest absolute Gasteiger partial charge is 0.517 e. The van der Waals surface area contributed by atoms with Crippen LogP contribution in [0.3, 0.4) is 0 Å². The van der Waals surface area contributed by atoms with Crippen molar-refractivity contribution in [3.63, 3.8) is 0 Å². The zero-order chi connectivity index (χ0) is 34.5. The molecule has 0 aliphatic carbocycles. The molecule has 0 radical (unpaired) electrons. The summed E-state index contributed by atoms with van der Waals surface area (Å²) in [5.41, 5.74) is -5.23. The van der Waals surface area contributed by atoms with E-state index in [1.165, 1.54) is 18.2 Å². The van der Waals surface area contributed by atoms with Gasteiger partial charge in [-0.1, -0.05) is 53.3 Å². The van der Waals surface area contributed by atoms with Gasteiger partial charge in [-0.2, -0.15) is 13.2 Å². The van der Waals surface area contributed by atoms with Gasteiger partial charge in [0.15, 0.2) is 11.7 Å². The Kier molecular flexibility index (Phi) is 11.0. The number of ether oxygens (including phenoxy) is 2. The second-order valence-electron chi connectivity index (χ2n) is 9.81. The molecule has 4 rings (SSSR count). The molecule has 3 aromatic rings. The molecule has 1 aliphatic heterocycles. The van der Waals surface area contributed by atoms with E-state index in [1.807, 2.05) is 6.92 Å². The molecular formula is C29H22Cl3F5N4O6. The number of nitrogens with one attached hydrogen (secondary N) is 3. The number of amides is 2. The minimum Gasteiger partial charge on any atom is -0.434 e. The second-order valence-corrected chi connectivity index (χ2v) is 11.1. The molecule has 2 amide bonds. The molecule has 1 aliphatic rings. The fourth-order valence-electron chi connectivity index (χ4n) is 4.19. The molecule has 0 saturated carbocycles. The molecule has 47 heavy (non-hydrogen) atoms. The monoisotopic (exact) mass is 722 g/mol. The zero-order valence-corrected chi connectivity index (χ0v) is 26.1. The Morgan fingerprint density at radius 1 is 1.00 bits per heavy atom. The van der Waals surface area contributed by atoms with Gasteiger partial charge in [0.25, 0.3) is 11.5 Å². The lowest BCUT2D eigenvalue weighted by Gasteiger charge is -2.29. The number of unbranched alkanes of at least 4 members (excludes halogenated alkanes) is 1. The van der Waals surface area contributed by atoms with E-state index >= 15 is 4.39 Å². The van der Waals surface area contributed by atoms with Crippen LogP contribution in [-0.4, -0.2) is 36.8 Å². The van der Waals surface area contributed by atoms with Crippen LogP contribution in [0.25, 0.3) is 0 Å². The molecule has 0 aromatic heterocycles. The van der Waals surface area contributed by atoms with Crippen molar-refractivity contribution in [3.05, 3.63) is 86.4 Å². The van der Waals surface area contributed by atoms with E-state index in [1.54, 1.807) is 5.32 Å². The first-order valence-corrected chi connectivity index (χ1v) is 14.6. The number of nitrogens with zero attached hydrogens (tertiary/aromatic N) is 1. The van der Waals surface area contributed by atoms with Crippen LogP contribution in [0.15, 0.2) is 53.7 Å². The number of alkyl halides is 3. The van der Waals surface area contributed by atoms with E-state index < -0.39 is 64.9 Å². The predicted octanol–water partition coefficient (Wildman–Crippen LogP) is 9.27. The van der Waals surface area contributed by atoms with E-state index in [4.69, 9.17) is 39.6 Å². The van der Waals surface area contributed by atoms with Crippen LogP contribution in [-0.2, 0) is 19.9 Å². The van der Waals surface area contributed by atoms with Gasteiger partial charge in [0.05, 0.1) is 29.3 Å². The Balaban J connectivity index is 1.49. The van der Waals surface area contributed by atoms with Gasteiger partial charge in [-0.05, 0) is 55.0 Å². The highest BCUT2D eigenvalue weighted by molar-refractivity contribution is 6.35. The molecule has 3 N–H and O–H groups in total.